The predicted octanol–water partition coefficient (Wildman–Crippen LogP) is -0.476. The smallest absolute Gasteiger partial charge is 0.344 e. The second-order valence-corrected chi connectivity index (χ2v) is 3.57. The Morgan fingerprint density at radius 2 is 1.67 bits per heavy atom. The van der Waals surface area contributed by atoms with Crippen LogP contribution in [-0.4, -0.2) is 14.7 Å². The second-order valence-electron chi connectivity index (χ2n) is 2.01. The first-order valence-corrected chi connectivity index (χ1v) is 4.76. The minimum atomic E-state index is -3.41. The summed E-state index contributed by atoms with van der Waals surface area (Å²) < 4.78 is 26.7. The van der Waals surface area contributed by atoms with E-state index in [1.54, 1.807) is 18.2 Å². The second kappa shape index (κ2) is 4.03. The molecule has 5 nitrogen and oxygen atoms in total. The standard InChI is InChI=1S/C6H8NO3S.H3N/c1-11(8,9)10-7-5-3-2-4-6-7;/h2-6H,1H3;1H3/q+1;. The first-order chi connectivity index (χ1) is 5.08. The Morgan fingerprint density at radius 3 is 2.08 bits per heavy atom. The fourth-order valence-corrected chi connectivity index (χ4v) is 1.00. The van der Waals surface area contributed by atoms with Crippen molar-refractivity contribution in [1.29, 1.82) is 0 Å². The first-order valence-electron chi connectivity index (χ1n) is 2.94. The highest BCUT2D eigenvalue weighted by atomic mass is 32.2. The van der Waals surface area contributed by atoms with E-state index in [0.717, 1.165) is 11.0 Å². The molecule has 0 spiro atoms. The Kier molecular flexibility index (Phi) is 3.65. The third kappa shape index (κ3) is 3.89. The van der Waals surface area contributed by atoms with Crippen LogP contribution in [0.3, 0.4) is 0 Å². The van der Waals surface area contributed by atoms with Crippen molar-refractivity contribution in [2.75, 3.05) is 6.26 Å². The molecule has 1 aromatic heterocycles. The van der Waals surface area contributed by atoms with Crippen LogP contribution in [0.25, 0.3) is 0 Å². The molecule has 1 heterocycles. The Morgan fingerprint density at radius 1 is 1.17 bits per heavy atom. The molecule has 6 heteroatoms. The number of aromatic nitrogens is 1. The van der Waals surface area contributed by atoms with Gasteiger partial charge >= 0.3 is 10.1 Å². The molecular weight excluding hydrogens is 180 g/mol. The van der Waals surface area contributed by atoms with Crippen LogP contribution < -0.4 is 15.2 Å². The summed E-state index contributed by atoms with van der Waals surface area (Å²) in [5, 5.41) is 0. The minimum absolute atomic E-state index is 0. The molecule has 0 aliphatic heterocycles. The number of nitrogens with zero attached hydrogens (tertiary/aromatic N) is 1. The van der Waals surface area contributed by atoms with E-state index in [1.807, 2.05) is 0 Å². The van der Waals surface area contributed by atoms with Crippen molar-refractivity contribution in [3.63, 3.8) is 0 Å². The van der Waals surface area contributed by atoms with Crippen LogP contribution in [-0.2, 0) is 10.1 Å². The summed E-state index contributed by atoms with van der Waals surface area (Å²) in [5.41, 5.74) is 0. The molecule has 0 bridgehead atoms. The molecule has 0 saturated carbocycles. The highest BCUT2D eigenvalue weighted by molar-refractivity contribution is 7.86. The van der Waals surface area contributed by atoms with Gasteiger partial charge in [0.2, 0.25) is 12.4 Å². The van der Waals surface area contributed by atoms with Crippen LogP contribution in [0.5, 0.6) is 0 Å². The van der Waals surface area contributed by atoms with E-state index in [1.165, 1.54) is 12.4 Å². The van der Waals surface area contributed by atoms with Crippen molar-refractivity contribution >= 4 is 10.1 Å². The summed E-state index contributed by atoms with van der Waals surface area (Å²) in [7, 11) is -3.41. The Balaban J connectivity index is 0.00000121. The fourth-order valence-electron chi connectivity index (χ4n) is 0.589. The SMILES string of the molecule is CS(=O)(=O)O[n+]1ccccc1.N. The fraction of sp³-hybridized carbons (Fsp3) is 0.167. The summed E-state index contributed by atoms with van der Waals surface area (Å²) in [6.45, 7) is 0. The summed E-state index contributed by atoms with van der Waals surface area (Å²) in [6.07, 6.45) is 4.00. The molecule has 3 N–H and O–H groups in total. The van der Waals surface area contributed by atoms with Crippen molar-refractivity contribution in [3.8, 4) is 0 Å². The quantitative estimate of drug-likeness (QED) is 0.640. The van der Waals surface area contributed by atoms with Gasteiger partial charge in [-0.05, 0) is 0 Å². The van der Waals surface area contributed by atoms with Crippen LogP contribution >= 0.6 is 0 Å². The molecule has 1 rings (SSSR count). The van der Waals surface area contributed by atoms with Crippen LogP contribution in [0.15, 0.2) is 30.6 Å². The molecule has 0 aromatic carbocycles. The van der Waals surface area contributed by atoms with E-state index in [-0.39, 0.29) is 6.15 Å². The predicted molar refractivity (Wildman–Crippen MR) is 43.1 cm³/mol. The van der Waals surface area contributed by atoms with Crippen LogP contribution in [0.4, 0.5) is 0 Å². The monoisotopic (exact) mass is 191 g/mol. The Labute approximate surface area is 71.3 Å². The van der Waals surface area contributed by atoms with Crippen LogP contribution in [0.1, 0.15) is 0 Å². The topological polar surface area (TPSA) is 82.2 Å². The number of hydrogen-bond acceptors (Lipinski definition) is 4. The van der Waals surface area contributed by atoms with Gasteiger partial charge in [0.05, 0.1) is 6.26 Å². The van der Waals surface area contributed by atoms with Crippen molar-refractivity contribution in [2.45, 2.75) is 0 Å². The van der Waals surface area contributed by atoms with Crippen LogP contribution in [0, 0.1) is 0 Å². The third-order valence-corrected chi connectivity index (χ3v) is 1.35. The van der Waals surface area contributed by atoms with Gasteiger partial charge in [-0.1, -0.05) is 6.07 Å². The highest BCUT2D eigenvalue weighted by Crippen LogP contribution is 1.77. The maximum absolute atomic E-state index is 10.6. The first kappa shape index (κ1) is 10.9. The molecule has 12 heavy (non-hydrogen) atoms. The molecule has 0 amide bonds. The summed E-state index contributed by atoms with van der Waals surface area (Å²) in [5.74, 6) is 0. The molecule has 1 aromatic rings. The van der Waals surface area contributed by atoms with Gasteiger partial charge in [0.15, 0.2) is 0 Å². The molecular formula is C6H11N2O3S+. The average molecular weight is 191 g/mol. The van der Waals surface area contributed by atoms with Crippen molar-refractivity contribution in [3.05, 3.63) is 30.6 Å². The zero-order valence-corrected chi connectivity index (χ0v) is 7.49. The van der Waals surface area contributed by atoms with E-state index < -0.39 is 10.1 Å². The lowest BCUT2D eigenvalue weighted by atomic mass is 10.5. The number of hydrogen-bond donors (Lipinski definition) is 1. The van der Waals surface area contributed by atoms with Crippen molar-refractivity contribution in [1.82, 2.24) is 6.15 Å². The largest absolute Gasteiger partial charge is 0.364 e. The molecule has 0 atom stereocenters. The molecule has 0 fully saturated rings. The van der Waals surface area contributed by atoms with Gasteiger partial charge in [-0.25, -0.2) is 0 Å². The molecule has 0 saturated heterocycles. The van der Waals surface area contributed by atoms with Crippen molar-refractivity contribution in [2.24, 2.45) is 0 Å². The summed E-state index contributed by atoms with van der Waals surface area (Å²) in [4.78, 5) is 0. The summed E-state index contributed by atoms with van der Waals surface area (Å²) >= 11 is 0. The van der Waals surface area contributed by atoms with E-state index in [9.17, 15) is 8.42 Å². The summed E-state index contributed by atoms with van der Waals surface area (Å²) in [6, 6.07) is 5.11. The maximum atomic E-state index is 10.6. The molecule has 68 valence electrons. The zero-order chi connectivity index (χ0) is 8.32. The molecule has 0 aliphatic rings. The van der Waals surface area contributed by atoms with Gasteiger partial charge in [-0.15, -0.1) is 4.28 Å². The third-order valence-electron chi connectivity index (χ3n) is 0.910. The number of rotatable bonds is 2. The number of pyridine rings is 1. The average Bonchev–Trinajstić information content (AvgIpc) is 1.85. The van der Waals surface area contributed by atoms with E-state index in [2.05, 4.69) is 4.28 Å². The van der Waals surface area contributed by atoms with Gasteiger partial charge in [0.25, 0.3) is 0 Å². The normalized spacial score (nSPS) is 10.1. The zero-order valence-electron chi connectivity index (χ0n) is 6.67. The van der Waals surface area contributed by atoms with E-state index >= 15 is 0 Å². The Bertz CT molecular complexity index is 322. The maximum Gasteiger partial charge on any atom is 0.364 e. The lowest BCUT2D eigenvalue weighted by molar-refractivity contribution is -0.856. The van der Waals surface area contributed by atoms with Gasteiger partial charge in [-0.3, -0.25) is 0 Å². The molecule has 0 unspecified atom stereocenters. The van der Waals surface area contributed by atoms with Crippen molar-refractivity contribution < 1.29 is 17.4 Å². The van der Waals surface area contributed by atoms with Gasteiger partial charge < -0.3 is 6.15 Å². The molecule has 0 radical (unpaired) electrons. The van der Waals surface area contributed by atoms with E-state index in [0.29, 0.717) is 0 Å². The minimum Gasteiger partial charge on any atom is -0.344 e. The van der Waals surface area contributed by atoms with E-state index in [4.69, 9.17) is 0 Å². The highest BCUT2D eigenvalue weighted by Gasteiger charge is 2.08. The Hall–Kier alpha value is -1.14. The lowest BCUT2D eigenvalue weighted by Crippen LogP contribution is -2.44. The van der Waals surface area contributed by atoms with Gasteiger partial charge in [0, 0.05) is 16.9 Å². The molecule has 0 aliphatic carbocycles. The van der Waals surface area contributed by atoms with Crippen LogP contribution in [0.2, 0.25) is 0 Å². The lowest BCUT2D eigenvalue weighted by Gasteiger charge is -1.90. The van der Waals surface area contributed by atoms with Gasteiger partial charge in [-0.2, -0.15) is 8.42 Å². The van der Waals surface area contributed by atoms with Gasteiger partial charge in [0.1, 0.15) is 0 Å².